The number of rotatable bonds is 5. The van der Waals surface area contributed by atoms with E-state index in [4.69, 9.17) is 15.2 Å². The van der Waals surface area contributed by atoms with Crippen LogP contribution in [0.4, 0.5) is 19.0 Å². The maximum atomic E-state index is 13.5. The molecule has 2 aromatic heterocycles. The minimum absolute atomic E-state index is 0.0144. The molecule has 0 radical (unpaired) electrons. The number of pyridine rings is 1. The normalized spacial score (nSPS) is 21.0. The lowest BCUT2D eigenvalue weighted by Gasteiger charge is -2.32. The fraction of sp³-hybridized carbons (Fsp3) is 0.650. The van der Waals surface area contributed by atoms with Crippen LogP contribution in [0.25, 0.3) is 11.0 Å². The second-order valence-corrected chi connectivity index (χ2v) is 8.09. The number of carbonyl (C=O) groups is 1. The molecule has 1 atom stereocenters. The lowest BCUT2D eigenvalue weighted by Crippen LogP contribution is -2.40. The van der Waals surface area contributed by atoms with Crippen LogP contribution >= 0.6 is 0 Å². The van der Waals surface area contributed by atoms with Gasteiger partial charge in [0, 0.05) is 31.3 Å². The van der Waals surface area contributed by atoms with Gasteiger partial charge < -0.3 is 20.1 Å². The molecule has 3 N–H and O–H groups in total. The van der Waals surface area contributed by atoms with Gasteiger partial charge in [0.2, 0.25) is 5.91 Å². The van der Waals surface area contributed by atoms with Gasteiger partial charge in [-0.05, 0) is 38.2 Å². The van der Waals surface area contributed by atoms with Crippen LogP contribution in [0.5, 0.6) is 0 Å². The van der Waals surface area contributed by atoms with Gasteiger partial charge in [0.15, 0.2) is 5.65 Å². The molecule has 2 saturated heterocycles. The Kier molecular flexibility index (Phi) is 6.33. The van der Waals surface area contributed by atoms with Crippen molar-refractivity contribution in [3.8, 4) is 0 Å². The number of amides is 1. The standard InChI is InChI=1S/C20H26F3N5O3/c21-20(22,23)14-9-15(25-19-17(14)18(24)26-27-19)12-4-6-28(7-5-12)16(29)11-30-10-13-3-1-2-8-31-13/h9,12-13H,1-8,10-11H2,(H3,24,25,26,27)/t13-/m1/s1. The van der Waals surface area contributed by atoms with Crippen molar-refractivity contribution in [2.24, 2.45) is 0 Å². The van der Waals surface area contributed by atoms with E-state index in [2.05, 4.69) is 15.2 Å². The van der Waals surface area contributed by atoms with Crippen molar-refractivity contribution in [2.75, 3.05) is 38.6 Å². The number of halogens is 3. The first-order valence-corrected chi connectivity index (χ1v) is 10.5. The SMILES string of the molecule is Nc1[nH]nc2nc(C3CCN(C(=O)COC[C@H]4CCCCO4)CC3)cc(C(F)(F)F)c12. The summed E-state index contributed by atoms with van der Waals surface area (Å²) < 4.78 is 51.7. The molecule has 170 valence electrons. The van der Waals surface area contributed by atoms with Crippen molar-refractivity contribution in [3.63, 3.8) is 0 Å². The van der Waals surface area contributed by atoms with Crippen LogP contribution in [0, 0.1) is 0 Å². The van der Waals surface area contributed by atoms with Gasteiger partial charge in [-0.15, -0.1) is 0 Å². The molecule has 4 rings (SSSR count). The quantitative estimate of drug-likeness (QED) is 0.739. The molecule has 11 heteroatoms. The van der Waals surface area contributed by atoms with E-state index in [0.29, 0.717) is 38.2 Å². The second-order valence-electron chi connectivity index (χ2n) is 8.09. The Morgan fingerprint density at radius 3 is 2.74 bits per heavy atom. The number of nitrogens with one attached hydrogen (secondary N) is 1. The van der Waals surface area contributed by atoms with Crippen LogP contribution in [0.1, 0.15) is 49.3 Å². The van der Waals surface area contributed by atoms with E-state index in [0.717, 1.165) is 31.9 Å². The van der Waals surface area contributed by atoms with E-state index >= 15 is 0 Å². The third-order valence-electron chi connectivity index (χ3n) is 5.95. The number of nitrogen functional groups attached to an aromatic ring is 1. The van der Waals surface area contributed by atoms with Crippen molar-refractivity contribution in [3.05, 3.63) is 17.3 Å². The fourth-order valence-electron chi connectivity index (χ4n) is 4.23. The van der Waals surface area contributed by atoms with Crippen LogP contribution in [-0.4, -0.2) is 65.0 Å². The van der Waals surface area contributed by atoms with Crippen molar-refractivity contribution < 1.29 is 27.4 Å². The number of aromatic amines is 1. The Labute approximate surface area is 177 Å². The minimum Gasteiger partial charge on any atom is -0.383 e. The smallest absolute Gasteiger partial charge is 0.383 e. The maximum Gasteiger partial charge on any atom is 0.417 e. The van der Waals surface area contributed by atoms with E-state index in [1.165, 1.54) is 0 Å². The van der Waals surface area contributed by atoms with Crippen LogP contribution in [0.3, 0.4) is 0 Å². The first-order chi connectivity index (χ1) is 14.8. The first kappa shape index (κ1) is 21.8. The lowest BCUT2D eigenvalue weighted by atomic mass is 9.91. The van der Waals surface area contributed by atoms with E-state index in [-0.39, 0.29) is 41.4 Å². The van der Waals surface area contributed by atoms with Crippen LogP contribution in [-0.2, 0) is 20.4 Å². The van der Waals surface area contributed by atoms with E-state index in [1.807, 2.05) is 0 Å². The van der Waals surface area contributed by atoms with E-state index in [1.54, 1.807) is 4.90 Å². The summed E-state index contributed by atoms with van der Waals surface area (Å²) in [4.78, 5) is 18.4. The molecule has 0 unspecified atom stereocenters. The molecule has 8 nitrogen and oxygen atoms in total. The van der Waals surface area contributed by atoms with E-state index in [9.17, 15) is 18.0 Å². The molecule has 1 amide bonds. The predicted molar refractivity (Wildman–Crippen MR) is 106 cm³/mol. The second kappa shape index (κ2) is 8.99. The molecule has 4 heterocycles. The number of piperidine rings is 1. The Morgan fingerprint density at radius 2 is 2.06 bits per heavy atom. The van der Waals surface area contributed by atoms with Crippen LogP contribution in [0.2, 0.25) is 0 Å². The largest absolute Gasteiger partial charge is 0.417 e. The molecule has 31 heavy (non-hydrogen) atoms. The first-order valence-electron chi connectivity index (χ1n) is 10.5. The van der Waals surface area contributed by atoms with Gasteiger partial charge >= 0.3 is 6.18 Å². The molecule has 2 aromatic rings. The van der Waals surface area contributed by atoms with Gasteiger partial charge in [-0.1, -0.05) is 0 Å². The number of hydrogen-bond acceptors (Lipinski definition) is 6. The summed E-state index contributed by atoms with van der Waals surface area (Å²) in [6.45, 7) is 2.00. The number of ether oxygens (including phenoxy) is 2. The highest BCUT2D eigenvalue weighted by atomic mass is 19.4. The molecule has 2 aliphatic heterocycles. The van der Waals surface area contributed by atoms with Gasteiger partial charge in [-0.3, -0.25) is 9.89 Å². The summed E-state index contributed by atoms with van der Waals surface area (Å²) in [5.41, 5.74) is 5.06. The fourth-order valence-corrected chi connectivity index (χ4v) is 4.23. The third-order valence-corrected chi connectivity index (χ3v) is 5.95. The van der Waals surface area contributed by atoms with Crippen LogP contribution < -0.4 is 5.73 Å². The molecule has 0 spiro atoms. The Hall–Kier alpha value is -2.40. The lowest BCUT2D eigenvalue weighted by molar-refractivity contribution is -0.139. The summed E-state index contributed by atoms with van der Waals surface area (Å²) in [7, 11) is 0. The number of anilines is 1. The molecule has 0 aliphatic carbocycles. The number of aromatic nitrogens is 3. The highest BCUT2D eigenvalue weighted by Gasteiger charge is 2.36. The maximum absolute atomic E-state index is 13.5. The van der Waals surface area contributed by atoms with Gasteiger partial charge in [-0.25, -0.2) is 4.98 Å². The number of alkyl halides is 3. The number of likely N-dealkylation sites (tertiary alicyclic amines) is 1. The molecule has 0 saturated carbocycles. The Bertz CT molecular complexity index is 919. The van der Waals surface area contributed by atoms with Crippen molar-refractivity contribution in [2.45, 2.75) is 50.3 Å². The molecular formula is C20H26F3N5O3. The Morgan fingerprint density at radius 1 is 1.29 bits per heavy atom. The summed E-state index contributed by atoms with van der Waals surface area (Å²) in [6, 6.07) is 1.06. The average Bonchev–Trinajstić information content (AvgIpc) is 3.14. The zero-order chi connectivity index (χ0) is 22.0. The predicted octanol–water partition coefficient (Wildman–Crippen LogP) is 2.85. The Balaban J connectivity index is 1.35. The number of fused-ring (bicyclic) bond motifs is 1. The number of nitrogens with zero attached hydrogens (tertiary/aromatic N) is 3. The topological polar surface area (TPSA) is 106 Å². The zero-order valence-electron chi connectivity index (χ0n) is 17.1. The summed E-state index contributed by atoms with van der Waals surface area (Å²) in [5, 5.41) is 5.98. The van der Waals surface area contributed by atoms with Gasteiger partial charge in [0.25, 0.3) is 0 Å². The minimum atomic E-state index is -4.57. The molecule has 2 fully saturated rings. The average molecular weight is 441 g/mol. The van der Waals surface area contributed by atoms with Gasteiger partial charge in [0.1, 0.15) is 12.4 Å². The number of nitrogens with two attached hydrogens (primary N) is 1. The van der Waals surface area contributed by atoms with E-state index < -0.39 is 11.7 Å². The molecule has 0 bridgehead atoms. The summed E-state index contributed by atoms with van der Waals surface area (Å²) >= 11 is 0. The number of H-pyrrole nitrogens is 1. The highest BCUT2D eigenvalue weighted by Crippen LogP contribution is 2.39. The van der Waals surface area contributed by atoms with Crippen molar-refractivity contribution in [1.82, 2.24) is 20.1 Å². The molecular weight excluding hydrogens is 415 g/mol. The number of carbonyl (C=O) groups excluding carboxylic acids is 1. The summed E-state index contributed by atoms with van der Waals surface area (Å²) in [6.07, 6.45) is -0.365. The highest BCUT2D eigenvalue weighted by molar-refractivity contribution is 5.89. The van der Waals surface area contributed by atoms with Crippen molar-refractivity contribution in [1.29, 1.82) is 0 Å². The number of hydrogen-bond donors (Lipinski definition) is 2. The van der Waals surface area contributed by atoms with Crippen LogP contribution in [0.15, 0.2) is 6.07 Å². The zero-order valence-corrected chi connectivity index (χ0v) is 17.1. The van der Waals surface area contributed by atoms with Crippen molar-refractivity contribution >= 4 is 22.8 Å². The van der Waals surface area contributed by atoms with Gasteiger partial charge in [0.05, 0.1) is 23.7 Å². The van der Waals surface area contributed by atoms with Gasteiger partial charge in [-0.2, -0.15) is 18.3 Å². The molecule has 2 aliphatic rings. The summed E-state index contributed by atoms with van der Waals surface area (Å²) in [5.74, 6) is -0.460. The third kappa shape index (κ3) is 4.93. The monoisotopic (exact) mass is 441 g/mol. The molecule has 0 aromatic carbocycles.